The molecule has 0 saturated heterocycles. The molecule has 2 unspecified atom stereocenters. The van der Waals surface area contributed by atoms with E-state index in [-0.39, 0.29) is 6.04 Å². The Morgan fingerprint density at radius 3 is 2.75 bits per heavy atom. The van der Waals surface area contributed by atoms with E-state index in [1.54, 1.807) is 11.3 Å². The molecule has 0 aliphatic heterocycles. The Bertz CT molecular complexity index is 311. The summed E-state index contributed by atoms with van der Waals surface area (Å²) in [5.41, 5.74) is 0. The molecule has 1 heterocycles. The highest BCUT2D eigenvalue weighted by Gasteiger charge is 2.20. The number of aliphatic carboxylic acids is 1. The van der Waals surface area contributed by atoms with Crippen LogP contribution in [0.25, 0.3) is 0 Å². The minimum atomic E-state index is -0.764. The Morgan fingerprint density at radius 2 is 2.31 bits per heavy atom. The number of nitrogens with one attached hydrogen (secondary N) is 1. The van der Waals surface area contributed by atoms with Crippen molar-refractivity contribution in [1.29, 1.82) is 0 Å². The van der Waals surface area contributed by atoms with E-state index in [0.29, 0.717) is 6.42 Å². The van der Waals surface area contributed by atoms with E-state index >= 15 is 0 Å². The molecule has 0 aromatic carbocycles. The Labute approximate surface area is 100 Å². The Morgan fingerprint density at radius 1 is 1.56 bits per heavy atom. The monoisotopic (exact) mass is 241 g/mol. The molecule has 0 aliphatic rings. The maximum Gasteiger partial charge on any atom is 0.320 e. The molecule has 0 saturated carbocycles. The number of carboxylic acids is 1. The fraction of sp³-hybridized carbons (Fsp3) is 0.583. The third-order valence-electron chi connectivity index (χ3n) is 2.57. The van der Waals surface area contributed by atoms with Crippen molar-refractivity contribution in [1.82, 2.24) is 5.32 Å². The second-order valence-corrected chi connectivity index (χ2v) is 4.80. The maximum absolute atomic E-state index is 11.0. The van der Waals surface area contributed by atoms with Crippen LogP contribution in [0.3, 0.4) is 0 Å². The summed E-state index contributed by atoms with van der Waals surface area (Å²) in [5.74, 6) is -0.764. The number of thiophene rings is 1. The zero-order chi connectivity index (χ0) is 12.0. The molecule has 1 aromatic heterocycles. The molecular weight excluding hydrogens is 222 g/mol. The molecule has 0 fully saturated rings. The van der Waals surface area contributed by atoms with E-state index in [2.05, 4.69) is 18.3 Å². The highest BCUT2D eigenvalue weighted by Crippen LogP contribution is 2.24. The fourth-order valence-electron chi connectivity index (χ4n) is 1.69. The van der Waals surface area contributed by atoms with Gasteiger partial charge in [-0.3, -0.25) is 10.1 Å². The smallest absolute Gasteiger partial charge is 0.320 e. The minimum Gasteiger partial charge on any atom is -0.480 e. The lowest BCUT2D eigenvalue weighted by Gasteiger charge is -2.21. The normalized spacial score (nSPS) is 14.6. The second-order valence-electron chi connectivity index (χ2n) is 3.82. The van der Waals surface area contributed by atoms with Gasteiger partial charge in [0.1, 0.15) is 6.04 Å². The van der Waals surface area contributed by atoms with E-state index in [0.717, 1.165) is 12.8 Å². The molecule has 0 amide bonds. The first kappa shape index (κ1) is 13.2. The number of rotatable bonds is 7. The van der Waals surface area contributed by atoms with Gasteiger partial charge in [0.15, 0.2) is 0 Å². The lowest BCUT2D eigenvalue weighted by molar-refractivity contribution is -0.139. The van der Waals surface area contributed by atoms with Crippen LogP contribution in [-0.2, 0) is 4.79 Å². The summed E-state index contributed by atoms with van der Waals surface area (Å²) < 4.78 is 0. The van der Waals surface area contributed by atoms with Crippen LogP contribution in [0.4, 0.5) is 0 Å². The third-order valence-corrected chi connectivity index (χ3v) is 3.56. The number of carbonyl (C=O) groups is 1. The molecule has 16 heavy (non-hydrogen) atoms. The van der Waals surface area contributed by atoms with Gasteiger partial charge in [-0.25, -0.2) is 0 Å². The minimum absolute atomic E-state index is 0.172. The van der Waals surface area contributed by atoms with Gasteiger partial charge in [0.05, 0.1) is 0 Å². The van der Waals surface area contributed by atoms with Crippen LogP contribution in [0.15, 0.2) is 17.5 Å². The van der Waals surface area contributed by atoms with Gasteiger partial charge in [0.2, 0.25) is 0 Å². The highest BCUT2D eigenvalue weighted by molar-refractivity contribution is 7.10. The summed E-state index contributed by atoms with van der Waals surface area (Å²) in [6, 6.07) is 3.79. The second kappa shape index (κ2) is 6.66. The number of hydrogen-bond donors (Lipinski definition) is 2. The van der Waals surface area contributed by atoms with Crippen LogP contribution in [0, 0.1) is 0 Å². The summed E-state index contributed by atoms with van der Waals surface area (Å²) in [6.45, 7) is 4.01. The van der Waals surface area contributed by atoms with Gasteiger partial charge in [-0.15, -0.1) is 11.3 Å². The lowest BCUT2D eigenvalue weighted by Crippen LogP contribution is -2.38. The summed E-state index contributed by atoms with van der Waals surface area (Å²) in [5, 5.41) is 14.3. The van der Waals surface area contributed by atoms with E-state index in [1.807, 2.05) is 18.4 Å². The van der Waals surface area contributed by atoms with Crippen molar-refractivity contribution in [2.24, 2.45) is 0 Å². The zero-order valence-corrected chi connectivity index (χ0v) is 10.6. The lowest BCUT2D eigenvalue weighted by atomic mass is 10.1. The molecule has 0 spiro atoms. The van der Waals surface area contributed by atoms with Crippen molar-refractivity contribution < 1.29 is 9.90 Å². The van der Waals surface area contributed by atoms with E-state index in [4.69, 9.17) is 5.11 Å². The van der Waals surface area contributed by atoms with Crippen molar-refractivity contribution in [2.75, 3.05) is 0 Å². The summed E-state index contributed by atoms with van der Waals surface area (Å²) in [4.78, 5) is 12.2. The van der Waals surface area contributed by atoms with Gasteiger partial charge in [0, 0.05) is 10.9 Å². The molecule has 90 valence electrons. The van der Waals surface area contributed by atoms with Crippen molar-refractivity contribution in [3.63, 3.8) is 0 Å². The van der Waals surface area contributed by atoms with Crippen LogP contribution >= 0.6 is 11.3 Å². The average molecular weight is 241 g/mol. The predicted octanol–water partition coefficient (Wildman–Crippen LogP) is 3.04. The third kappa shape index (κ3) is 3.61. The van der Waals surface area contributed by atoms with Crippen LogP contribution < -0.4 is 5.32 Å². The van der Waals surface area contributed by atoms with E-state index in [9.17, 15) is 4.79 Å². The first-order chi connectivity index (χ1) is 7.69. The largest absolute Gasteiger partial charge is 0.480 e. The summed E-state index contributed by atoms with van der Waals surface area (Å²) >= 11 is 1.68. The van der Waals surface area contributed by atoms with E-state index in [1.165, 1.54) is 4.88 Å². The number of carboxylic acid groups (broad SMARTS) is 1. The van der Waals surface area contributed by atoms with Gasteiger partial charge >= 0.3 is 5.97 Å². The standard InChI is InChI=1S/C12H19NO2S/c1-3-6-10(11-7-5-8-16-11)13-9(4-2)12(14)15/h5,7-10,13H,3-4,6H2,1-2H3,(H,14,15). The van der Waals surface area contributed by atoms with E-state index < -0.39 is 12.0 Å². The van der Waals surface area contributed by atoms with Crippen LogP contribution in [0.1, 0.15) is 44.0 Å². The zero-order valence-electron chi connectivity index (χ0n) is 9.77. The van der Waals surface area contributed by atoms with Crippen molar-refractivity contribution in [3.8, 4) is 0 Å². The van der Waals surface area contributed by atoms with Gasteiger partial charge in [-0.05, 0) is 24.3 Å². The molecule has 0 aliphatic carbocycles. The van der Waals surface area contributed by atoms with Crippen molar-refractivity contribution in [2.45, 2.75) is 45.2 Å². The van der Waals surface area contributed by atoms with Crippen molar-refractivity contribution >= 4 is 17.3 Å². The SMILES string of the molecule is CCCC(NC(CC)C(=O)O)c1cccs1. The molecule has 3 nitrogen and oxygen atoms in total. The molecule has 0 bridgehead atoms. The van der Waals surface area contributed by atoms with Crippen LogP contribution in [0.2, 0.25) is 0 Å². The molecule has 2 N–H and O–H groups in total. The molecule has 2 atom stereocenters. The molecule has 0 radical (unpaired) electrons. The van der Waals surface area contributed by atoms with Crippen LogP contribution in [0.5, 0.6) is 0 Å². The van der Waals surface area contributed by atoms with Gasteiger partial charge < -0.3 is 5.11 Å². The summed E-state index contributed by atoms with van der Waals surface area (Å²) in [6.07, 6.45) is 2.64. The molecular formula is C12H19NO2S. The van der Waals surface area contributed by atoms with Gasteiger partial charge in [0.25, 0.3) is 0 Å². The van der Waals surface area contributed by atoms with Crippen LogP contribution in [-0.4, -0.2) is 17.1 Å². The Balaban J connectivity index is 2.67. The Kier molecular flexibility index (Phi) is 5.49. The first-order valence-corrected chi connectivity index (χ1v) is 6.59. The maximum atomic E-state index is 11.0. The fourth-order valence-corrected chi connectivity index (χ4v) is 2.51. The quantitative estimate of drug-likeness (QED) is 0.771. The number of hydrogen-bond acceptors (Lipinski definition) is 3. The highest BCUT2D eigenvalue weighted by atomic mass is 32.1. The Hall–Kier alpha value is -0.870. The average Bonchev–Trinajstić information content (AvgIpc) is 2.76. The topological polar surface area (TPSA) is 49.3 Å². The first-order valence-electron chi connectivity index (χ1n) is 5.71. The molecule has 1 rings (SSSR count). The van der Waals surface area contributed by atoms with Gasteiger partial charge in [-0.2, -0.15) is 0 Å². The summed E-state index contributed by atoms with van der Waals surface area (Å²) in [7, 11) is 0. The molecule has 1 aromatic rings. The predicted molar refractivity (Wildman–Crippen MR) is 66.8 cm³/mol. The van der Waals surface area contributed by atoms with Crippen molar-refractivity contribution in [3.05, 3.63) is 22.4 Å². The van der Waals surface area contributed by atoms with Gasteiger partial charge in [-0.1, -0.05) is 26.3 Å². The molecule has 4 heteroatoms.